The molecule has 0 aliphatic heterocycles. The minimum absolute atomic E-state index is 0.369. The van der Waals surface area contributed by atoms with Crippen molar-refractivity contribution in [3.05, 3.63) is 41.5 Å². The molecule has 1 aromatic carbocycles. The van der Waals surface area contributed by atoms with E-state index in [0.717, 1.165) is 17.7 Å². The third kappa shape index (κ3) is 4.07. The Bertz CT molecular complexity index is 334. The first-order chi connectivity index (χ1) is 7.63. The van der Waals surface area contributed by atoms with Crippen LogP contribution < -0.4 is 4.74 Å². The monoisotopic (exact) mass is 220 g/mol. The average Bonchev–Trinajstić information content (AvgIpc) is 2.28. The van der Waals surface area contributed by atoms with Crippen molar-refractivity contribution < 1.29 is 9.84 Å². The molecule has 0 bridgehead atoms. The molecule has 0 unspecified atom stereocenters. The molecule has 1 rings (SSSR count). The molecule has 1 aromatic rings. The normalized spacial score (nSPS) is 12.0. The van der Waals surface area contributed by atoms with E-state index in [9.17, 15) is 5.11 Å². The Kier molecular flexibility index (Phi) is 5.06. The van der Waals surface area contributed by atoms with Gasteiger partial charge in [-0.15, -0.1) is 0 Å². The summed E-state index contributed by atoms with van der Waals surface area (Å²) in [5, 5.41) is 9.62. The van der Waals surface area contributed by atoms with Crippen molar-refractivity contribution in [3.8, 4) is 5.75 Å². The highest BCUT2D eigenvalue weighted by Crippen LogP contribution is 2.19. The van der Waals surface area contributed by atoms with Gasteiger partial charge in [-0.1, -0.05) is 24.6 Å². The van der Waals surface area contributed by atoms with Gasteiger partial charge in [-0.25, -0.2) is 0 Å². The molecule has 88 valence electrons. The van der Waals surface area contributed by atoms with Crippen LogP contribution in [0.25, 0.3) is 0 Å². The van der Waals surface area contributed by atoms with Gasteiger partial charge in [-0.05, 0) is 44.0 Å². The van der Waals surface area contributed by atoms with E-state index in [1.807, 2.05) is 51.1 Å². The maximum atomic E-state index is 9.62. The van der Waals surface area contributed by atoms with Gasteiger partial charge in [0.25, 0.3) is 0 Å². The Balaban J connectivity index is 2.54. The smallest absolute Gasteiger partial charge is 0.119 e. The molecule has 16 heavy (non-hydrogen) atoms. The summed E-state index contributed by atoms with van der Waals surface area (Å²) in [7, 11) is 0. The molecule has 1 atom stereocenters. The van der Waals surface area contributed by atoms with Crippen molar-refractivity contribution in [3.63, 3.8) is 0 Å². The van der Waals surface area contributed by atoms with Gasteiger partial charge in [0.1, 0.15) is 12.4 Å². The Morgan fingerprint density at radius 2 is 1.94 bits per heavy atom. The van der Waals surface area contributed by atoms with Gasteiger partial charge in [0, 0.05) is 0 Å². The van der Waals surface area contributed by atoms with Crippen molar-refractivity contribution in [2.75, 3.05) is 6.61 Å². The first kappa shape index (κ1) is 12.8. The number of benzene rings is 1. The molecule has 0 saturated carbocycles. The van der Waals surface area contributed by atoms with Crippen molar-refractivity contribution in [1.82, 2.24) is 0 Å². The predicted octanol–water partition coefficient (Wildman–Crippen LogP) is 3.48. The zero-order valence-electron chi connectivity index (χ0n) is 10.2. The highest BCUT2D eigenvalue weighted by molar-refractivity contribution is 5.28. The Morgan fingerprint density at radius 1 is 1.31 bits per heavy atom. The lowest BCUT2D eigenvalue weighted by Crippen LogP contribution is -1.97. The van der Waals surface area contributed by atoms with Crippen molar-refractivity contribution >= 4 is 0 Å². The number of hydrogen-bond acceptors (Lipinski definition) is 2. The molecule has 0 aromatic heterocycles. The Morgan fingerprint density at radius 3 is 2.44 bits per heavy atom. The molecule has 0 amide bonds. The van der Waals surface area contributed by atoms with Crippen molar-refractivity contribution in [2.45, 2.75) is 33.3 Å². The standard InChI is InChI=1S/C14H20O2/c1-4-14(15)12-5-7-13(8-6-12)16-10-9-11(2)3/h5-9,14-15H,4,10H2,1-3H3/t14-/m0/s1. The summed E-state index contributed by atoms with van der Waals surface area (Å²) in [4.78, 5) is 0. The quantitative estimate of drug-likeness (QED) is 0.770. The third-order valence-electron chi connectivity index (χ3n) is 2.39. The molecule has 0 aliphatic rings. The van der Waals surface area contributed by atoms with Gasteiger partial charge in [-0.3, -0.25) is 0 Å². The van der Waals surface area contributed by atoms with Crippen LogP contribution in [0.5, 0.6) is 5.75 Å². The predicted molar refractivity (Wildman–Crippen MR) is 66.6 cm³/mol. The Hall–Kier alpha value is -1.28. The maximum Gasteiger partial charge on any atom is 0.119 e. The number of hydrogen-bond donors (Lipinski definition) is 1. The van der Waals surface area contributed by atoms with E-state index in [1.165, 1.54) is 5.57 Å². The Labute approximate surface area is 97.6 Å². The molecule has 0 aliphatic carbocycles. The van der Waals surface area contributed by atoms with E-state index in [4.69, 9.17) is 4.74 Å². The summed E-state index contributed by atoms with van der Waals surface area (Å²) in [5.74, 6) is 0.838. The van der Waals surface area contributed by atoms with Crippen LogP contribution in [0.15, 0.2) is 35.9 Å². The van der Waals surface area contributed by atoms with Gasteiger partial charge in [0.05, 0.1) is 6.10 Å². The largest absolute Gasteiger partial charge is 0.490 e. The lowest BCUT2D eigenvalue weighted by Gasteiger charge is -2.09. The highest BCUT2D eigenvalue weighted by atomic mass is 16.5. The van der Waals surface area contributed by atoms with Crippen LogP contribution in [0, 0.1) is 0 Å². The number of ether oxygens (including phenoxy) is 1. The summed E-state index contributed by atoms with van der Waals surface area (Å²) in [6, 6.07) is 7.61. The molecule has 1 N–H and O–H groups in total. The summed E-state index contributed by atoms with van der Waals surface area (Å²) in [5.41, 5.74) is 2.19. The SMILES string of the molecule is CC[C@H](O)c1ccc(OCC=C(C)C)cc1. The molecular weight excluding hydrogens is 200 g/mol. The van der Waals surface area contributed by atoms with Gasteiger partial charge in [-0.2, -0.15) is 0 Å². The first-order valence-electron chi connectivity index (χ1n) is 5.67. The van der Waals surface area contributed by atoms with E-state index in [-0.39, 0.29) is 6.10 Å². The van der Waals surface area contributed by atoms with Crippen LogP contribution in [-0.4, -0.2) is 11.7 Å². The van der Waals surface area contributed by atoms with Crippen molar-refractivity contribution in [2.24, 2.45) is 0 Å². The minimum atomic E-state index is -0.369. The lowest BCUT2D eigenvalue weighted by molar-refractivity contribution is 0.173. The summed E-state index contributed by atoms with van der Waals surface area (Å²) >= 11 is 0. The molecular formula is C14H20O2. The van der Waals surface area contributed by atoms with E-state index < -0.39 is 0 Å². The minimum Gasteiger partial charge on any atom is -0.490 e. The van der Waals surface area contributed by atoms with Crippen molar-refractivity contribution in [1.29, 1.82) is 0 Å². The summed E-state index contributed by atoms with van der Waals surface area (Å²) in [6.07, 6.45) is 2.40. The van der Waals surface area contributed by atoms with Crippen LogP contribution in [0.1, 0.15) is 38.9 Å². The number of allylic oxidation sites excluding steroid dienone is 1. The second-order valence-electron chi connectivity index (χ2n) is 4.09. The van der Waals surface area contributed by atoms with Crippen LogP contribution in [0.3, 0.4) is 0 Å². The lowest BCUT2D eigenvalue weighted by atomic mass is 10.1. The first-order valence-corrected chi connectivity index (χ1v) is 5.67. The van der Waals surface area contributed by atoms with E-state index in [2.05, 4.69) is 0 Å². The fourth-order valence-corrected chi connectivity index (χ4v) is 1.33. The van der Waals surface area contributed by atoms with Crippen LogP contribution in [0.2, 0.25) is 0 Å². The average molecular weight is 220 g/mol. The molecule has 0 radical (unpaired) electrons. The van der Waals surface area contributed by atoms with Crippen LogP contribution in [-0.2, 0) is 0 Å². The molecule has 2 heteroatoms. The zero-order valence-corrected chi connectivity index (χ0v) is 10.2. The van der Waals surface area contributed by atoms with Gasteiger partial charge >= 0.3 is 0 Å². The second-order valence-corrected chi connectivity index (χ2v) is 4.09. The number of rotatable bonds is 5. The van der Waals surface area contributed by atoms with Gasteiger partial charge in [0.15, 0.2) is 0 Å². The summed E-state index contributed by atoms with van der Waals surface area (Å²) < 4.78 is 5.53. The maximum absolute atomic E-state index is 9.62. The number of aliphatic hydroxyl groups is 1. The third-order valence-corrected chi connectivity index (χ3v) is 2.39. The topological polar surface area (TPSA) is 29.5 Å². The molecule has 2 nitrogen and oxygen atoms in total. The second kappa shape index (κ2) is 6.33. The zero-order chi connectivity index (χ0) is 12.0. The summed E-state index contributed by atoms with van der Waals surface area (Å²) in [6.45, 7) is 6.65. The van der Waals surface area contributed by atoms with Gasteiger partial charge < -0.3 is 9.84 Å². The van der Waals surface area contributed by atoms with E-state index >= 15 is 0 Å². The molecule has 0 fully saturated rings. The fraction of sp³-hybridized carbons (Fsp3) is 0.429. The molecule has 0 heterocycles. The fourth-order valence-electron chi connectivity index (χ4n) is 1.33. The van der Waals surface area contributed by atoms with Gasteiger partial charge in [0.2, 0.25) is 0 Å². The number of aliphatic hydroxyl groups excluding tert-OH is 1. The van der Waals surface area contributed by atoms with E-state index in [1.54, 1.807) is 0 Å². The molecule has 0 spiro atoms. The van der Waals surface area contributed by atoms with Crippen LogP contribution in [0.4, 0.5) is 0 Å². The van der Waals surface area contributed by atoms with E-state index in [0.29, 0.717) is 6.61 Å². The molecule has 0 saturated heterocycles. The van der Waals surface area contributed by atoms with Crippen LogP contribution >= 0.6 is 0 Å². The highest BCUT2D eigenvalue weighted by Gasteiger charge is 2.03.